The minimum atomic E-state index is -0.424. The Bertz CT molecular complexity index is 382. The first-order valence-corrected chi connectivity index (χ1v) is 9.15. The molecule has 0 saturated heterocycles. The second-order valence-corrected chi connectivity index (χ2v) is 7.10. The van der Waals surface area contributed by atoms with Gasteiger partial charge in [0, 0.05) is 17.5 Å². The fourth-order valence-corrected chi connectivity index (χ4v) is 3.86. The van der Waals surface area contributed by atoms with E-state index < -0.39 is 6.10 Å². The lowest BCUT2D eigenvalue weighted by atomic mass is 9.85. The molecule has 1 saturated carbocycles. The fourth-order valence-electron chi connectivity index (χ4n) is 3.10. The predicted molar refractivity (Wildman–Crippen MR) is 88.7 cm³/mol. The maximum Gasteiger partial charge on any atom is 0.0898 e. The van der Waals surface area contributed by atoms with E-state index in [0.717, 1.165) is 6.42 Å². The average Bonchev–Trinajstić information content (AvgIpc) is 3.05. The van der Waals surface area contributed by atoms with Crippen LogP contribution in [0.25, 0.3) is 0 Å². The van der Waals surface area contributed by atoms with Crippen molar-refractivity contribution in [2.75, 3.05) is 13.2 Å². The maximum atomic E-state index is 10.1. The predicted octanol–water partition coefficient (Wildman–Crippen LogP) is 3.75. The smallest absolute Gasteiger partial charge is 0.0898 e. The Morgan fingerprint density at radius 2 is 2.24 bits per heavy atom. The van der Waals surface area contributed by atoms with Crippen molar-refractivity contribution in [1.29, 1.82) is 0 Å². The highest BCUT2D eigenvalue weighted by Gasteiger charge is 2.24. The SMILES string of the molecule is CCC1CCCCC1OCC(O)CNC(C)c1cccs1. The van der Waals surface area contributed by atoms with Crippen LogP contribution in [-0.2, 0) is 4.74 Å². The van der Waals surface area contributed by atoms with Gasteiger partial charge in [0.25, 0.3) is 0 Å². The van der Waals surface area contributed by atoms with Gasteiger partial charge in [0.1, 0.15) is 0 Å². The molecular formula is C17H29NO2S. The second kappa shape index (κ2) is 8.89. The third kappa shape index (κ3) is 5.37. The molecule has 0 bridgehead atoms. The van der Waals surface area contributed by atoms with Gasteiger partial charge in [-0.2, -0.15) is 0 Å². The normalized spacial score (nSPS) is 25.7. The molecule has 0 spiro atoms. The van der Waals surface area contributed by atoms with Crippen LogP contribution in [0, 0.1) is 5.92 Å². The summed E-state index contributed by atoms with van der Waals surface area (Å²) in [5, 5.41) is 15.6. The summed E-state index contributed by atoms with van der Waals surface area (Å²) in [4.78, 5) is 1.31. The topological polar surface area (TPSA) is 41.5 Å². The molecule has 1 aliphatic carbocycles. The average molecular weight is 311 g/mol. The Hall–Kier alpha value is -0.420. The van der Waals surface area contributed by atoms with Crippen molar-refractivity contribution in [2.24, 2.45) is 5.92 Å². The third-order valence-electron chi connectivity index (χ3n) is 4.50. The molecule has 0 amide bonds. The monoisotopic (exact) mass is 311 g/mol. The summed E-state index contributed by atoms with van der Waals surface area (Å²) in [6.07, 6.45) is 6.16. The molecule has 1 aromatic heterocycles. The number of rotatable bonds is 8. The zero-order chi connectivity index (χ0) is 15.1. The summed E-state index contributed by atoms with van der Waals surface area (Å²) in [5.74, 6) is 0.684. The van der Waals surface area contributed by atoms with E-state index in [9.17, 15) is 5.11 Å². The zero-order valence-corrected chi connectivity index (χ0v) is 14.1. The largest absolute Gasteiger partial charge is 0.389 e. The second-order valence-electron chi connectivity index (χ2n) is 6.12. The van der Waals surface area contributed by atoms with E-state index in [1.54, 1.807) is 11.3 Å². The molecule has 0 radical (unpaired) electrons. The molecule has 4 unspecified atom stereocenters. The molecule has 1 aliphatic rings. The van der Waals surface area contributed by atoms with Crippen molar-refractivity contribution in [3.63, 3.8) is 0 Å². The van der Waals surface area contributed by atoms with Crippen LogP contribution >= 0.6 is 11.3 Å². The molecule has 0 aromatic carbocycles. The summed E-state index contributed by atoms with van der Waals surface area (Å²) in [5.41, 5.74) is 0. The highest BCUT2D eigenvalue weighted by atomic mass is 32.1. The van der Waals surface area contributed by atoms with Gasteiger partial charge in [-0.25, -0.2) is 0 Å². The van der Waals surface area contributed by atoms with E-state index >= 15 is 0 Å². The number of hydrogen-bond acceptors (Lipinski definition) is 4. The van der Waals surface area contributed by atoms with Crippen LogP contribution in [0.5, 0.6) is 0 Å². The lowest BCUT2D eigenvalue weighted by Crippen LogP contribution is -2.35. The molecule has 2 rings (SSSR count). The Balaban J connectivity index is 1.66. The minimum Gasteiger partial charge on any atom is -0.389 e. The molecule has 0 aliphatic heterocycles. The van der Waals surface area contributed by atoms with Gasteiger partial charge in [-0.15, -0.1) is 11.3 Å². The van der Waals surface area contributed by atoms with Gasteiger partial charge in [0.15, 0.2) is 0 Å². The summed E-state index contributed by atoms with van der Waals surface area (Å²) < 4.78 is 5.98. The number of aliphatic hydroxyl groups is 1. The summed E-state index contributed by atoms with van der Waals surface area (Å²) >= 11 is 1.75. The maximum absolute atomic E-state index is 10.1. The van der Waals surface area contributed by atoms with Gasteiger partial charge in [0.2, 0.25) is 0 Å². The molecule has 21 heavy (non-hydrogen) atoms. The summed E-state index contributed by atoms with van der Waals surface area (Å²) in [6.45, 7) is 5.41. The number of thiophene rings is 1. The first-order valence-electron chi connectivity index (χ1n) is 8.27. The van der Waals surface area contributed by atoms with E-state index in [2.05, 4.69) is 36.7 Å². The first kappa shape index (κ1) is 16.9. The van der Waals surface area contributed by atoms with E-state index in [-0.39, 0.29) is 6.04 Å². The summed E-state index contributed by atoms with van der Waals surface area (Å²) in [6, 6.07) is 4.47. The Morgan fingerprint density at radius 1 is 1.43 bits per heavy atom. The summed E-state index contributed by atoms with van der Waals surface area (Å²) in [7, 11) is 0. The van der Waals surface area contributed by atoms with E-state index in [1.807, 2.05) is 0 Å². The highest BCUT2D eigenvalue weighted by molar-refractivity contribution is 7.10. The number of nitrogens with one attached hydrogen (secondary N) is 1. The minimum absolute atomic E-state index is 0.290. The van der Waals surface area contributed by atoms with Crippen LogP contribution in [-0.4, -0.2) is 30.5 Å². The third-order valence-corrected chi connectivity index (χ3v) is 5.55. The van der Waals surface area contributed by atoms with Crippen molar-refractivity contribution < 1.29 is 9.84 Å². The standard InChI is InChI=1S/C17H29NO2S/c1-3-14-7-4-5-8-16(14)20-12-15(19)11-18-13(2)17-9-6-10-21-17/h6,9-10,13-16,18-19H,3-5,7-8,11-12H2,1-2H3. The van der Waals surface area contributed by atoms with Crippen molar-refractivity contribution in [1.82, 2.24) is 5.32 Å². The first-order chi connectivity index (χ1) is 10.2. The van der Waals surface area contributed by atoms with Crippen molar-refractivity contribution in [2.45, 2.75) is 64.2 Å². The molecular weight excluding hydrogens is 282 g/mol. The fraction of sp³-hybridized carbons (Fsp3) is 0.765. The van der Waals surface area contributed by atoms with Gasteiger partial charge in [0.05, 0.1) is 18.8 Å². The van der Waals surface area contributed by atoms with Gasteiger partial charge in [-0.1, -0.05) is 32.3 Å². The van der Waals surface area contributed by atoms with Crippen molar-refractivity contribution in [3.05, 3.63) is 22.4 Å². The van der Waals surface area contributed by atoms with E-state index in [4.69, 9.17) is 4.74 Å². The van der Waals surface area contributed by atoms with Crippen LogP contribution in [0.2, 0.25) is 0 Å². The van der Waals surface area contributed by atoms with Crippen LogP contribution in [0.1, 0.15) is 56.9 Å². The lowest BCUT2D eigenvalue weighted by molar-refractivity contribution is -0.0502. The van der Waals surface area contributed by atoms with Crippen molar-refractivity contribution in [3.8, 4) is 0 Å². The molecule has 120 valence electrons. The molecule has 1 aromatic rings. The number of ether oxygens (including phenoxy) is 1. The van der Waals surface area contributed by atoms with E-state index in [1.165, 1.54) is 30.6 Å². The zero-order valence-electron chi connectivity index (χ0n) is 13.3. The van der Waals surface area contributed by atoms with Gasteiger partial charge < -0.3 is 15.2 Å². The highest BCUT2D eigenvalue weighted by Crippen LogP contribution is 2.29. The van der Waals surface area contributed by atoms with Crippen LogP contribution in [0.4, 0.5) is 0 Å². The van der Waals surface area contributed by atoms with Crippen LogP contribution in [0.15, 0.2) is 17.5 Å². The quantitative estimate of drug-likeness (QED) is 0.768. The lowest BCUT2D eigenvalue weighted by Gasteiger charge is -2.31. The van der Waals surface area contributed by atoms with Gasteiger partial charge >= 0.3 is 0 Å². The van der Waals surface area contributed by atoms with Gasteiger partial charge in [-0.3, -0.25) is 0 Å². The van der Waals surface area contributed by atoms with Crippen LogP contribution < -0.4 is 5.32 Å². The van der Waals surface area contributed by atoms with Crippen molar-refractivity contribution >= 4 is 11.3 Å². The molecule has 4 atom stereocenters. The Morgan fingerprint density at radius 3 is 2.95 bits per heavy atom. The Labute approximate surface area is 132 Å². The number of aliphatic hydroxyl groups excluding tert-OH is 1. The molecule has 4 heteroatoms. The number of hydrogen-bond donors (Lipinski definition) is 2. The molecule has 3 nitrogen and oxygen atoms in total. The molecule has 1 fully saturated rings. The molecule has 1 heterocycles. The molecule has 2 N–H and O–H groups in total. The van der Waals surface area contributed by atoms with Gasteiger partial charge in [-0.05, 0) is 37.1 Å². The van der Waals surface area contributed by atoms with E-state index in [0.29, 0.717) is 25.2 Å². The Kier molecular flexibility index (Phi) is 7.17. The van der Waals surface area contributed by atoms with Crippen LogP contribution in [0.3, 0.4) is 0 Å².